The highest BCUT2D eigenvalue weighted by Gasteiger charge is 2.13. The summed E-state index contributed by atoms with van der Waals surface area (Å²) in [6, 6.07) is 5.01. The van der Waals surface area contributed by atoms with Crippen LogP contribution >= 0.6 is 0 Å². The standard InChI is InChI=1S/C17H29N/c1-11(2)15(6)10-18-16(7)17-13(4)8-12(3)9-14(17)5/h8-9,11,15-16,18H,10H2,1-7H3. The Morgan fingerprint density at radius 3 is 1.89 bits per heavy atom. The molecule has 0 spiro atoms. The van der Waals surface area contributed by atoms with Gasteiger partial charge in [0.05, 0.1) is 0 Å². The molecule has 1 heteroatoms. The lowest BCUT2D eigenvalue weighted by atomic mass is 9.93. The zero-order valence-corrected chi connectivity index (χ0v) is 13.1. The number of rotatable bonds is 5. The van der Waals surface area contributed by atoms with Gasteiger partial charge < -0.3 is 5.32 Å². The number of aryl methyl sites for hydroxylation is 3. The number of benzene rings is 1. The zero-order chi connectivity index (χ0) is 13.9. The number of hydrogen-bond acceptors (Lipinski definition) is 1. The van der Waals surface area contributed by atoms with Crippen LogP contribution in [0.3, 0.4) is 0 Å². The first-order valence-electron chi connectivity index (χ1n) is 7.14. The van der Waals surface area contributed by atoms with Crippen molar-refractivity contribution in [3.63, 3.8) is 0 Å². The molecule has 1 rings (SSSR count). The Morgan fingerprint density at radius 1 is 0.944 bits per heavy atom. The van der Waals surface area contributed by atoms with E-state index < -0.39 is 0 Å². The molecule has 0 fully saturated rings. The van der Waals surface area contributed by atoms with E-state index in [1.54, 1.807) is 0 Å². The Morgan fingerprint density at radius 2 is 1.44 bits per heavy atom. The largest absolute Gasteiger partial charge is 0.310 e. The molecule has 0 aliphatic heterocycles. The summed E-state index contributed by atoms with van der Waals surface area (Å²) in [5, 5.41) is 3.68. The Bertz CT molecular complexity index is 370. The molecule has 0 aliphatic rings. The van der Waals surface area contributed by atoms with Crippen LogP contribution in [-0.4, -0.2) is 6.54 Å². The van der Waals surface area contributed by atoms with Gasteiger partial charge in [-0.2, -0.15) is 0 Å². The van der Waals surface area contributed by atoms with Crippen molar-refractivity contribution in [2.24, 2.45) is 11.8 Å². The molecular formula is C17H29N. The minimum Gasteiger partial charge on any atom is -0.310 e. The van der Waals surface area contributed by atoms with Gasteiger partial charge in [0.25, 0.3) is 0 Å². The fraction of sp³-hybridized carbons (Fsp3) is 0.647. The van der Waals surface area contributed by atoms with Crippen molar-refractivity contribution in [3.8, 4) is 0 Å². The molecule has 0 aliphatic carbocycles. The average Bonchev–Trinajstić information content (AvgIpc) is 2.24. The van der Waals surface area contributed by atoms with Gasteiger partial charge in [0.2, 0.25) is 0 Å². The van der Waals surface area contributed by atoms with Gasteiger partial charge in [-0.15, -0.1) is 0 Å². The Hall–Kier alpha value is -0.820. The molecule has 2 atom stereocenters. The Kier molecular flexibility index (Phi) is 5.40. The summed E-state index contributed by atoms with van der Waals surface area (Å²) in [6.45, 7) is 16.9. The molecule has 0 radical (unpaired) electrons. The molecule has 0 aromatic heterocycles. The third-order valence-corrected chi connectivity index (χ3v) is 4.06. The summed E-state index contributed by atoms with van der Waals surface area (Å²) in [4.78, 5) is 0. The normalized spacial score (nSPS) is 14.9. The molecule has 0 saturated carbocycles. The summed E-state index contributed by atoms with van der Waals surface area (Å²) in [5.41, 5.74) is 5.64. The number of nitrogens with one attached hydrogen (secondary N) is 1. The highest BCUT2D eigenvalue weighted by atomic mass is 14.9. The molecular weight excluding hydrogens is 218 g/mol. The van der Waals surface area contributed by atoms with E-state index in [2.05, 4.69) is 65.9 Å². The van der Waals surface area contributed by atoms with Crippen LogP contribution in [0.15, 0.2) is 12.1 Å². The highest BCUT2D eigenvalue weighted by Crippen LogP contribution is 2.23. The highest BCUT2D eigenvalue weighted by molar-refractivity contribution is 5.39. The van der Waals surface area contributed by atoms with Gasteiger partial charge in [0, 0.05) is 6.04 Å². The second-order valence-electron chi connectivity index (χ2n) is 6.16. The molecule has 18 heavy (non-hydrogen) atoms. The monoisotopic (exact) mass is 247 g/mol. The second kappa shape index (κ2) is 6.38. The van der Waals surface area contributed by atoms with Crippen molar-refractivity contribution in [1.29, 1.82) is 0 Å². The summed E-state index contributed by atoms with van der Waals surface area (Å²) in [6.07, 6.45) is 0. The van der Waals surface area contributed by atoms with Crippen LogP contribution in [0.2, 0.25) is 0 Å². The first kappa shape index (κ1) is 15.2. The van der Waals surface area contributed by atoms with Crippen molar-refractivity contribution in [1.82, 2.24) is 5.32 Å². The molecule has 102 valence electrons. The quantitative estimate of drug-likeness (QED) is 0.804. The third-order valence-electron chi connectivity index (χ3n) is 4.06. The Balaban J connectivity index is 2.76. The molecule has 1 aromatic carbocycles. The van der Waals surface area contributed by atoms with E-state index in [4.69, 9.17) is 0 Å². The van der Waals surface area contributed by atoms with E-state index in [-0.39, 0.29) is 0 Å². The fourth-order valence-corrected chi connectivity index (χ4v) is 2.57. The van der Waals surface area contributed by atoms with Crippen LogP contribution in [-0.2, 0) is 0 Å². The third kappa shape index (κ3) is 3.84. The predicted octanol–water partition coefficient (Wildman–Crippen LogP) is 4.55. The molecule has 1 nitrogen and oxygen atoms in total. The van der Waals surface area contributed by atoms with E-state index in [0.29, 0.717) is 6.04 Å². The molecule has 0 heterocycles. The maximum absolute atomic E-state index is 3.68. The van der Waals surface area contributed by atoms with E-state index in [0.717, 1.165) is 18.4 Å². The molecule has 0 saturated heterocycles. The van der Waals surface area contributed by atoms with Gasteiger partial charge in [-0.05, 0) is 62.8 Å². The van der Waals surface area contributed by atoms with Crippen molar-refractivity contribution >= 4 is 0 Å². The van der Waals surface area contributed by atoms with Crippen LogP contribution in [0.1, 0.15) is 56.0 Å². The van der Waals surface area contributed by atoms with E-state index >= 15 is 0 Å². The van der Waals surface area contributed by atoms with Gasteiger partial charge in [-0.1, -0.05) is 38.5 Å². The fourth-order valence-electron chi connectivity index (χ4n) is 2.57. The molecule has 0 bridgehead atoms. The van der Waals surface area contributed by atoms with Crippen LogP contribution in [0.4, 0.5) is 0 Å². The zero-order valence-electron chi connectivity index (χ0n) is 13.1. The predicted molar refractivity (Wildman–Crippen MR) is 81.1 cm³/mol. The van der Waals surface area contributed by atoms with Gasteiger partial charge in [-0.3, -0.25) is 0 Å². The first-order valence-corrected chi connectivity index (χ1v) is 7.14. The van der Waals surface area contributed by atoms with Gasteiger partial charge in [0.15, 0.2) is 0 Å². The van der Waals surface area contributed by atoms with Gasteiger partial charge >= 0.3 is 0 Å². The van der Waals surface area contributed by atoms with Crippen molar-refractivity contribution in [3.05, 3.63) is 34.4 Å². The van der Waals surface area contributed by atoms with Crippen molar-refractivity contribution < 1.29 is 0 Å². The van der Waals surface area contributed by atoms with Crippen LogP contribution < -0.4 is 5.32 Å². The van der Waals surface area contributed by atoms with Gasteiger partial charge in [0.1, 0.15) is 0 Å². The maximum atomic E-state index is 3.68. The van der Waals surface area contributed by atoms with Crippen LogP contribution in [0.5, 0.6) is 0 Å². The average molecular weight is 247 g/mol. The lowest BCUT2D eigenvalue weighted by Crippen LogP contribution is -2.27. The number of hydrogen-bond donors (Lipinski definition) is 1. The minimum absolute atomic E-state index is 0.437. The summed E-state index contributed by atoms with van der Waals surface area (Å²) in [5.74, 6) is 1.46. The van der Waals surface area contributed by atoms with E-state index in [9.17, 15) is 0 Å². The van der Waals surface area contributed by atoms with Crippen molar-refractivity contribution in [2.45, 2.75) is 54.5 Å². The first-order chi connectivity index (χ1) is 8.32. The molecule has 1 aromatic rings. The van der Waals surface area contributed by atoms with Crippen LogP contribution in [0.25, 0.3) is 0 Å². The van der Waals surface area contributed by atoms with Gasteiger partial charge in [-0.25, -0.2) is 0 Å². The minimum atomic E-state index is 0.437. The lowest BCUT2D eigenvalue weighted by molar-refractivity contribution is 0.375. The van der Waals surface area contributed by atoms with Crippen LogP contribution in [0, 0.1) is 32.6 Å². The lowest BCUT2D eigenvalue weighted by Gasteiger charge is -2.23. The summed E-state index contributed by atoms with van der Waals surface area (Å²) < 4.78 is 0. The summed E-state index contributed by atoms with van der Waals surface area (Å²) >= 11 is 0. The molecule has 2 unspecified atom stereocenters. The SMILES string of the molecule is Cc1cc(C)c(C(C)NCC(C)C(C)C)c(C)c1. The molecule has 1 N–H and O–H groups in total. The summed E-state index contributed by atoms with van der Waals surface area (Å²) in [7, 11) is 0. The maximum Gasteiger partial charge on any atom is 0.0297 e. The Labute approximate surface area is 113 Å². The van der Waals surface area contributed by atoms with Crippen molar-refractivity contribution in [2.75, 3.05) is 6.54 Å². The molecule has 0 amide bonds. The topological polar surface area (TPSA) is 12.0 Å². The second-order valence-corrected chi connectivity index (χ2v) is 6.16. The van der Waals surface area contributed by atoms with E-state index in [1.165, 1.54) is 22.3 Å². The smallest absolute Gasteiger partial charge is 0.0297 e. The van der Waals surface area contributed by atoms with E-state index in [1.807, 2.05) is 0 Å².